The zero-order chi connectivity index (χ0) is 22.4. The molecule has 0 nitrogen and oxygen atoms in total. The van der Waals surface area contributed by atoms with Gasteiger partial charge in [-0.25, -0.2) is 17.6 Å². The summed E-state index contributed by atoms with van der Waals surface area (Å²) < 4.78 is 61.0. The molecule has 160 valence electrons. The van der Waals surface area contributed by atoms with E-state index in [0.29, 0.717) is 11.1 Å². The molecule has 0 saturated carbocycles. The van der Waals surface area contributed by atoms with Gasteiger partial charge in [0.25, 0.3) is 0 Å². The van der Waals surface area contributed by atoms with Crippen LogP contribution in [-0.4, -0.2) is 0 Å². The first-order valence-electron chi connectivity index (χ1n) is 10.0. The summed E-state index contributed by atoms with van der Waals surface area (Å²) in [6.45, 7) is 0. The van der Waals surface area contributed by atoms with Crippen LogP contribution in [0.1, 0.15) is 20.9 Å². The van der Waals surface area contributed by atoms with Gasteiger partial charge in [-0.15, -0.1) is 34.0 Å². The van der Waals surface area contributed by atoms with Crippen molar-refractivity contribution in [1.29, 1.82) is 0 Å². The molecule has 33 heavy (non-hydrogen) atoms. The minimum Gasteiger partial charge on any atom is -0.206 e. The number of hydrogen-bond donors (Lipinski definition) is 0. The summed E-state index contributed by atoms with van der Waals surface area (Å²) in [6.07, 6.45) is 0. The summed E-state index contributed by atoms with van der Waals surface area (Å²) in [5.74, 6) is -2.53. The van der Waals surface area contributed by atoms with Crippen molar-refractivity contribution in [3.8, 4) is 22.3 Å². The second kappa shape index (κ2) is 6.76. The number of fused-ring (bicyclic) bond motifs is 7. The van der Waals surface area contributed by atoms with Gasteiger partial charge in [0.15, 0.2) is 0 Å². The maximum absolute atomic E-state index is 14.9. The van der Waals surface area contributed by atoms with Gasteiger partial charge in [0.1, 0.15) is 23.3 Å². The SMILES string of the molecule is Fc1cccc(F)c1C1=c2sc3c(c2-c2ccsc21)-c1ccsc1C=3c1c(F)cccc1F. The van der Waals surface area contributed by atoms with Crippen LogP contribution in [0.2, 0.25) is 0 Å². The topological polar surface area (TPSA) is 0 Å². The summed E-state index contributed by atoms with van der Waals surface area (Å²) in [6, 6.07) is 11.6. The van der Waals surface area contributed by atoms with E-state index >= 15 is 0 Å². The lowest BCUT2D eigenvalue weighted by Crippen LogP contribution is -2.06. The highest BCUT2D eigenvalue weighted by Gasteiger charge is 2.36. The molecule has 0 bridgehead atoms. The van der Waals surface area contributed by atoms with Gasteiger partial charge >= 0.3 is 0 Å². The molecule has 3 aromatic heterocycles. The molecule has 2 aliphatic carbocycles. The summed E-state index contributed by atoms with van der Waals surface area (Å²) in [5.41, 5.74) is 4.46. The number of rotatable bonds is 2. The molecule has 0 radical (unpaired) electrons. The third-order valence-corrected chi connectivity index (χ3v) is 9.20. The number of hydrogen-bond acceptors (Lipinski definition) is 3. The molecule has 0 N–H and O–H groups in total. The Hall–Kier alpha value is -3.00. The molecule has 0 aliphatic heterocycles. The van der Waals surface area contributed by atoms with E-state index < -0.39 is 23.3 Å². The molecule has 2 aliphatic rings. The Morgan fingerprint density at radius 3 is 1.27 bits per heavy atom. The molecule has 0 fully saturated rings. The Kier molecular flexibility index (Phi) is 3.99. The molecule has 2 aromatic carbocycles. The van der Waals surface area contributed by atoms with Gasteiger partial charge in [0, 0.05) is 52.2 Å². The van der Waals surface area contributed by atoms with Crippen molar-refractivity contribution in [1.82, 2.24) is 0 Å². The van der Waals surface area contributed by atoms with Crippen LogP contribution in [0.15, 0.2) is 59.3 Å². The second-order valence-electron chi connectivity index (χ2n) is 7.78. The summed E-state index contributed by atoms with van der Waals surface area (Å²) in [5, 5.41) is 3.81. The molecule has 0 atom stereocenters. The predicted octanol–water partition coefficient (Wildman–Crippen LogP) is 6.88. The Bertz CT molecular complexity index is 1600. The first-order chi connectivity index (χ1) is 16.1. The highest BCUT2D eigenvalue weighted by molar-refractivity contribution is 7.14. The van der Waals surface area contributed by atoms with Crippen LogP contribution in [0.25, 0.3) is 33.4 Å². The lowest BCUT2D eigenvalue weighted by molar-refractivity contribution is 0.576. The van der Waals surface area contributed by atoms with Crippen LogP contribution < -0.4 is 9.06 Å². The van der Waals surface area contributed by atoms with Gasteiger partial charge in [-0.2, -0.15) is 0 Å². The van der Waals surface area contributed by atoms with E-state index in [4.69, 9.17) is 0 Å². The van der Waals surface area contributed by atoms with Crippen LogP contribution in [0.3, 0.4) is 0 Å². The van der Waals surface area contributed by atoms with E-state index in [0.717, 1.165) is 41.1 Å². The number of halogens is 4. The van der Waals surface area contributed by atoms with Crippen LogP contribution in [0, 0.1) is 23.3 Å². The highest BCUT2D eigenvalue weighted by Crippen LogP contribution is 2.49. The second-order valence-corrected chi connectivity index (χ2v) is 10.6. The van der Waals surface area contributed by atoms with Crippen molar-refractivity contribution in [2.45, 2.75) is 0 Å². The summed E-state index contributed by atoms with van der Waals surface area (Å²) in [4.78, 5) is 1.62. The van der Waals surface area contributed by atoms with Gasteiger partial charge in [-0.05, 0) is 47.2 Å². The molecule has 5 aromatic rings. The molecule has 7 heteroatoms. The summed E-state index contributed by atoms with van der Waals surface area (Å²) in [7, 11) is 0. The lowest BCUT2D eigenvalue weighted by atomic mass is 10.0. The van der Waals surface area contributed by atoms with Gasteiger partial charge in [-0.3, -0.25) is 0 Å². The van der Waals surface area contributed by atoms with Crippen molar-refractivity contribution >= 4 is 45.2 Å². The van der Waals surface area contributed by atoms with Crippen LogP contribution in [0.5, 0.6) is 0 Å². The quantitative estimate of drug-likeness (QED) is 0.230. The van der Waals surface area contributed by atoms with Gasteiger partial charge in [0.05, 0.1) is 11.1 Å². The van der Waals surface area contributed by atoms with Gasteiger partial charge in [0.2, 0.25) is 0 Å². The Morgan fingerprint density at radius 1 is 0.485 bits per heavy atom. The molecule has 3 heterocycles. The van der Waals surface area contributed by atoms with Gasteiger partial charge in [-0.1, -0.05) is 12.1 Å². The Morgan fingerprint density at radius 2 is 0.879 bits per heavy atom. The third kappa shape index (κ3) is 2.44. The average molecular weight is 495 g/mol. The van der Waals surface area contributed by atoms with E-state index in [-0.39, 0.29) is 11.1 Å². The first kappa shape index (κ1) is 19.5. The number of thiophene rings is 3. The maximum atomic E-state index is 14.9. The van der Waals surface area contributed by atoms with E-state index in [1.54, 1.807) is 0 Å². The monoisotopic (exact) mass is 494 g/mol. The van der Waals surface area contributed by atoms with Crippen molar-refractivity contribution < 1.29 is 17.6 Å². The predicted molar refractivity (Wildman–Crippen MR) is 126 cm³/mol. The van der Waals surface area contributed by atoms with Crippen LogP contribution >= 0.6 is 34.0 Å². The zero-order valence-corrected chi connectivity index (χ0v) is 19.0. The molecule has 0 unspecified atom stereocenters. The zero-order valence-electron chi connectivity index (χ0n) is 16.5. The average Bonchev–Trinajstić information content (AvgIpc) is 3.55. The van der Waals surface area contributed by atoms with E-state index in [9.17, 15) is 17.6 Å². The molecule has 0 spiro atoms. The molecule has 7 rings (SSSR count). The van der Waals surface area contributed by atoms with Crippen LogP contribution in [-0.2, 0) is 0 Å². The molecular formula is C26H10F4S3. The fourth-order valence-corrected chi connectivity index (χ4v) is 8.32. The Balaban J connectivity index is 1.70. The molecular weight excluding hydrogens is 484 g/mol. The molecule has 0 saturated heterocycles. The number of benzene rings is 2. The van der Waals surface area contributed by atoms with Crippen molar-refractivity contribution in [2.75, 3.05) is 0 Å². The van der Waals surface area contributed by atoms with E-state index in [2.05, 4.69) is 0 Å². The first-order valence-corrected chi connectivity index (χ1v) is 12.6. The smallest absolute Gasteiger partial charge is 0.134 e. The normalized spacial score (nSPS) is 13.3. The van der Waals surface area contributed by atoms with E-state index in [1.807, 2.05) is 22.9 Å². The molecule has 0 amide bonds. The standard InChI is InChI=1S/C26H10F4S3/c27-13-3-1-4-14(28)19(13)21-23-11(7-9-31-23)17-18-12-8-10-32-24(12)22(26(18)33-25(17)21)20-15(29)5-2-6-16(20)30/h1-10H. The maximum Gasteiger partial charge on any atom is 0.134 e. The largest absolute Gasteiger partial charge is 0.206 e. The van der Waals surface area contributed by atoms with E-state index in [1.165, 1.54) is 70.4 Å². The van der Waals surface area contributed by atoms with Crippen LogP contribution in [0.4, 0.5) is 17.6 Å². The van der Waals surface area contributed by atoms with Gasteiger partial charge < -0.3 is 0 Å². The fourth-order valence-electron chi connectivity index (χ4n) is 4.83. The minimum atomic E-state index is -0.633. The lowest BCUT2D eigenvalue weighted by Gasteiger charge is -2.07. The Labute approximate surface area is 197 Å². The highest BCUT2D eigenvalue weighted by atomic mass is 32.1. The summed E-state index contributed by atoms with van der Waals surface area (Å²) >= 11 is 4.22. The van der Waals surface area contributed by atoms with Crippen molar-refractivity contribution in [2.24, 2.45) is 0 Å². The van der Waals surface area contributed by atoms with Crippen molar-refractivity contribution in [3.05, 3.63) is 113 Å². The minimum absolute atomic E-state index is 0.0657. The fraction of sp³-hybridized carbons (Fsp3) is 0. The van der Waals surface area contributed by atoms with Crippen molar-refractivity contribution in [3.63, 3.8) is 0 Å². The third-order valence-electron chi connectivity index (χ3n) is 6.11.